The van der Waals surface area contributed by atoms with E-state index >= 15 is 0 Å². The Bertz CT molecular complexity index is 356. The zero-order valence-corrected chi connectivity index (χ0v) is 11.1. The minimum atomic E-state index is 0.115. The van der Waals surface area contributed by atoms with Crippen molar-refractivity contribution in [1.82, 2.24) is 9.13 Å². The fraction of sp³-hybridized carbons (Fsp3) is 0.750. The van der Waals surface area contributed by atoms with Gasteiger partial charge in [-0.1, -0.05) is 20.3 Å². The van der Waals surface area contributed by atoms with Crippen LogP contribution in [0.3, 0.4) is 0 Å². The Labute approximate surface area is 103 Å². The van der Waals surface area contributed by atoms with E-state index in [2.05, 4.69) is 26.5 Å². The van der Waals surface area contributed by atoms with Crippen molar-refractivity contribution < 1.29 is 0 Å². The van der Waals surface area contributed by atoms with Gasteiger partial charge in [-0.15, -0.1) is 0 Å². The number of aryl methyl sites for hydroxylation is 1. The van der Waals surface area contributed by atoms with Gasteiger partial charge < -0.3 is 0 Å². The van der Waals surface area contributed by atoms with Gasteiger partial charge in [-0.3, -0.25) is 9.13 Å². The Balaban J connectivity index is 2.69. The van der Waals surface area contributed by atoms with E-state index in [0.29, 0.717) is 5.92 Å². The maximum Gasteiger partial charge on any atom is 0.328 e. The molecule has 16 heavy (non-hydrogen) atoms. The molecule has 92 valence electrons. The van der Waals surface area contributed by atoms with Gasteiger partial charge in [0.25, 0.3) is 0 Å². The summed E-state index contributed by atoms with van der Waals surface area (Å²) in [5.41, 5.74) is 0.115. The highest BCUT2D eigenvalue weighted by Gasteiger charge is 2.09. The first-order chi connectivity index (χ1) is 7.72. The van der Waals surface area contributed by atoms with Crippen molar-refractivity contribution in [2.24, 2.45) is 5.92 Å². The van der Waals surface area contributed by atoms with Crippen LogP contribution in [0, 0.1) is 5.92 Å². The third-order valence-corrected chi connectivity index (χ3v) is 3.31. The molecule has 0 saturated carbocycles. The zero-order valence-electron chi connectivity index (χ0n) is 10.2. The normalized spacial score (nSPS) is 12.9. The van der Waals surface area contributed by atoms with Crippen LogP contribution >= 0.6 is 12.6 Å². The molecule has 1 unspecified atom stereocenters. The predicted molar refractivity (Wildman–Crippen MR) is 71.2 cm³/mol. The molecule has 0 radical (unpaired) electrons. The number of thiol groups is 1. The number of aromatic nitrogens is 2. The zero-order chi connectivity index (χ0) is 12.0. The molecular weight excluding hydrogens is 220 g/mol. The van der Waals surface area contributed by atoms with Crippen LogP contribution in [0.25, 0.3) is 0 Å². The second-order valence-corrected chi connectivity index (χ2v) is 4.63. The van der Waals surface area contributed by atoms with Crippen molar-refractivity contribution in [2.45, 2.75) is 46.2 Å². The summed E-state index contributed by atoms with van der Waals surface area (Å²) in [5, 5.41) is 0. The van der Waals surface area contributed by atoms with E-state index in [9.17, 15) is 4.79 Å². The predicted octanol–water partition coefficient (Wildman–Crippen LogP) is 2.41. The van der Waals surface area contributed by atoms with E-state index in [1.165, 1.54) is 0 Å². The maximum absolute atomic E-state index is 11.9. The second-order valence-electron chi connectivity index (χ2n) is 4.26. The smallest absolute Gasteiger partial charge is 0.299 e. The van der Waals surface area contributed by atoms with Gasteiger partial charge in [-0.05, 0) is 24.5 Å². The number of hydrogen-bond donors (Lipinski definition) is 1. The highest BCUT2D eigenvalue weighted by molar-refractivity contribution is 7.80. The van der Waals surface area contributed by atoms with Crippen LogP contribution in [-0.2, 0) is 13.1 Å². The highest BCUT2D eigenvalue weighted by Crippen LogP contribution is 2.10. The van der Waals surface area contributed by atoms with Crippen LogP contribution in [0.1, 0.15) is 33.1 Å². The molecule has 0 amide bonds. The van der Waals surface area contributed by atoms with Gasteiger partial charge in [0.2, 0.25) is 0 Å². The first-order valence-corrected chi connectivity index (χ1v) is 6.72. The molecule has 0 saturated heterocycles. The Morgan fingerprint density at radius 1 is 1.25 bits per heavy atom. The van der Waals surface area contributed by atoms with Crippen molar-refractivity contribution >= 4 is 12.6 Å². The average molecular weight is 242 g/mol. The molecule has 0 bridgehead atoms. The lowest BCUT2D eigenvalue weighted by molar-refractivity contribution is 0.441. The molecule has 4 heteroatoms. The summed E-state index contributed by atoms with van der Waals surface area (Å²) in [5.74, 6) is 1.35. The molecule has 0 aliphatic heterocycles. The molecule has 0 spiro atoms. The maximum atomic E-state index is 11.9. The van der Waals surface area contributed by atoms with Crippen LogP contribution in [-0.4, -0.2) is 14.9 Å². The molecule has 1 rings (SSSR count). The summed E-state index contributed by atoms with van der Waals surface area (Å²) >= 11 is 4.34. The van der Waals surface area contributed by atoms with Gasteiger partial charge in [-0.2, -0.15) is 12.6 Å². The minimum absolute atomic E-state index is 0.115. The molecule has 0 aliphatic rings. The summed E-state index contributed by atoms with van der Waals surface area (Å²) in [6, 6.07) is 0. The third-order valence-electron chi connectivity index (χ3n) is 2.79. The van der Waals surface area contributed by atoms with E-state index in [1.54, 1.807) is 4.57 Å². The lowest BCUT2D eigenvalue weighted by Crippen LogP contribution is -2.27. The Kier molecular flexibility index (Phi) is 5.74. The van der Waals surface area contributed by atoms with E-state index in [-0.39, 0.29) is 5.69 Å². The van der Waals surface area contributed by atoms with Gasteiger partial charge in [0.05, 0.1) is 0 Å². The Morgan fingerprint density at radius 2 is 1.94 bits per heavy atom. The number of hydrogen-bond acceptors (Lipinski definition) is 2. The summed E-state index contributed by atoms with van der Waals surface area (Å²) in [7, 11) is 0. The van der Waals surface area contributed by atoms with E-state index < -0.39 is 0 Å². The molecule has 1 aromatic heterocycles. The number of imidazole rings is 1. The fourth-order valence-electron chi connectivity index (χ4n) is 1.93. The van der Waals surface area contributed by atoms with Crippen molar-refractivity contribution in [3.8, 4) is 0 Å². The minimum Gasteiger partial charge on any atom is -0.299 e. The fourth-order valence-corrected chi connectivity index (χ4v) is 2.23. The van der Waals surface area contributed by atoms with E-state index in [4.69, 9.17) is 0 Å². The van der Waals surface area contributed by atoms with Crippen molar-refractivity contribution in [1.29, 1.82) is 0 Å². The summed E-state index contributed by atoms with van der Waals surface area (Å²) in [6.45, 7) is 5.86. The molecule has 0 N–H and O–H groups in total. The molecular formula is C12H22N2OS. The summed E-state index contributed by atoms with van der Waals surface area (Å²) in [6.07, 6.45) is 7.05. The first kappa shape index (κ1) is 13.4. The largest absolute Gasteiger partial charge is 0.328 e. The van der Waals surface area contributed by atoms with Crippen molar-refractivity contribution in [3.63, 3.8) is 0 Å². The lowest BCUT2D eigenvalue weighted by atomic mass is 10.1. The second kappa shape index (κ2) is 6.84. The van der Waals surface area contributed by atoms with Crippen LogP contribution in [0.2, 0.25) is 0 Å². The third kappa shape index (κ3) is 3.44. The Morgan fingerprint density at radius 3 is 2.50 bits per heavy atom. The molecule has 0 fully saturated rings. The average Bonchev–Trinajstić information content (AvgIpc) is 2.61. The molecule has 0 aliphatic carbocycles. The van der Waals surface area contributed by atoms with Crippen molar-refractivity contribution in [3.05, 3.63) is 22.9 Å². The van der Waals surface area contributed by atoms with Crippen LogP contribution in [0.5, 0.6) is 0 Å². The monoisotopic (exact) mass is 242 g/mol. The summed E-state index contributed by atoms with van der Waals surface area (Å²) < 4.78 is 3.59. The van der Waals surface area contributed by atoms with Gasteiger partial charge >= 0.3 is 5.69 Å². The van der Waals surface area contributed by atoms with Gasteiger partial charge in [0, 0.05) is 25.5 Å². The van der Waals surface area contributed by atoms with Gasteiger partial charge in [0.1, 0.15) is 0 Å². The highest BCUT2D eigenvalue weighted by atomic mass is 32.1. The van der Waals surface area contributed by atoms with Gasteiger partial charge in [-0.25, -0.2) is 4.79 Å². The van der Waals surface area contributed by atoms with Crippen LogP contribution in [0.15, 0.2) is 17.2 Å². The van der Waals surface area contributed by atoms with Crippen LogP contribution < -0.4 is 5.69 Å². The standard InChI is InChI=1S/C12H22N2OS/c1-3-5-11(10-16)9-14-8-7-13(6-4-2)12(14)15/h7-8,11,16H,3-6,9-10H2,1-2H3. The van der Waals surface area contributed by atoms with E-state index in [0.717, 1.165) is 38.1 Å². The first-order valence-electron chi connectivity index (χ1n) is 6.09. The molecule has 1 heterocycles. The van der Waals surface area contributed by atoms with Crippen LogP contribution in [0.4, 0.5) is 0 Å². The van der Waals surface area contributed by atoms with E-state index in [1.807, 2.05) is 17.0 Å². The SMILES string of the molecule is CCCC(CS)Cn1ccn(CCC)c1=O. The Hall–Kier alpha value is -0.640. The molecule has 1 aromatic rings. The van der Waals surface area contributed by atoms with Crippen molar-refractivity contribution in [2.75, 3.05) is 5.75 Å². The van der Waals surface area contributed by atoms with Gasteiger partial charge in [0.15, 0.2) is 0 Å². The lowest BCUT2D eigenvalue weighted by Gasteiger charge is -2.13. The quantitative estimate of drug-likeness (QED) is 0.730. The molecule has 1 atom stereocenters. The topological polar surface area (TPSA) is 26.9 Å². The molecule has 3 nitrogen and oxygen atoms in total. The summed E-state index contributed by atoms with van der Waals surface area (Å²) in [4.78, 5) is 11.9. The number of nitrogens with zero attached hydrogens (tertiary/aromatic N) is 2. The number of rotatable bonds is 7. The molecule has 0 aromatic carbocycles.